The van der Waals surface area contributed by atoms with E-state index in [1.54, 1.807) is 12.1 Å². The molecule has 7 heteroatoms. The minimum absolute atomic E-state index is 0.170. The number of anilines is 1. The molecule has 148 valence electrons. The molecule has 0 radical (unpaired) electrons. The standard InChI is InChI=1S/C22H20ClN3O2S/c1-2-10-26-19-9-4-3-8-18(19)24-22(26)25-21(27)20-11-15(14-29-20)13-28-17-7-5-6-16(23)12-17/h3-9,11-12,14H,2,10,13H2,1H3,(H,24,25,27). The smallest absolute Gasteiger partial charge is 0.268 e. The molecule has 2 aromatic heterocycles. The van der Waals surface area contributed by atoms with Crippen molar-refractivity contribution in [2.24, 2.45) is 0 Å². The highest BCUT2D eigenvalue weighted by molar-refractivity contribution is 7.12. The largest absolute Gasteiger partial charge is 0.489 e. The lowest BCUT2D eigenvalue weighted by Gasteiger charge is -2.08. The van der Waals surface area contributed by atoms with Crippen LogP contribution in [0.25, 0.3) is 11.0 Å². The average molecular weight is 426 g/mol. The Morgan fingerprint density at radius 1 is 1.21 bits per heavy atom. The first kappa shape index (κ1) is 19.5. The molecule has 2 heterocycles. The van der Waals surface area contributed by atoms with E-state index in [1.807, 2.05) is 52.4 Å². The molecule has 0 aliphatic carbocycles. The summed E-state index contributed by atoms with van der Waals surface area (Å²) in [6, 6.07) is 17.0. The summed E-state index contributed by atoms with van der Waals surface area (Å²) >= 11 is 7.36. The van der Waals surface area contributed by atoms with Crippen molar-refractivity contribution < 1.29 is 9.53 Å². The van der Waals surface area contributed by atoms with Gasteiger partial charge < -0.3 is 9.30 Å². The number of aryl methyl sites for hydroxylation is 1. The minimum atomic E-state index is -0.170. The number of benzene rings is 2. The van der Waals surface area contributed by atoms with E-state index in [0.717, 1.165) is 29.6 Å². The third-order valence-electron chi connectivity index (χ3n) is 4.41. The number of halogens is 1. The van der Waals surface area contributed by atoms with Gasteiger partial charge in [0.25, 0.3) is 5.91 Å². The van der Waals surface area contributed by atoms with Crippen LogP contribution in [0.4, 0.5) is 5.95 Å². The zero-order valence-electron chi connectivity index (χ0n) is 15.9. The van der Waals surface area contributed by atoms with Crippen LogP contribution >= 0.6 is 22.9 Å². The molecule has 4 aromatic rings. The molecule has 0 saturated heterocycles. The molecule has 0 spiro atoms. The molecule has 5 nitrogen and oxygen atoms in total. The summed E-state index contributed by atoms with van der Waals surface area (Å²) in [4.78, 5) is 18.0. The molecule has 2 aromatic carbocycles. The molecule has 0 unspecified atom stereocenters. The molecule has 29 heavy (non-hydrogen) atoms. The Balaban J connectivity index is 1.47. The van der Waals surface area contributed by atoms with Gasteiger partial charge in [-0.1, -0.05) is 36.7 Å². The van der Waals surface area contributed by atoms with Crippen molar-refractivity contribution in [2.75, 3.05) is 5.32 Å². The van der Waals surface area contributed by atoms with Crippen LogP contribution in [0.1, 0.15) is 28.6 Å². The minimum Gasteiger partial charge on any atom is -0.489 e. The Morgan fingerprint density at radius 3 is 2.90 bits per heavy atom. The Hall–Kier alpha value is -2.83. The number of amides is 1. The van der Waals surface area contributed by atoms with E-state index < -0.39 is 0 Å². The number of carbonyl (C=O) groups is 1. The van der Waals surface area contributed by atoms with E-state index in [0.29, 0.717) is 28.2 Å². The van der Waals surface area contributed by atoms with Gasteiger partial charge in [0.05, 0.1) is 15.9 Å². The van der Waals surface area contributed by atoms with Crippen molar-refractivity contribution in [3.8, 4) is 5.75 Å². The fourth-order valence-electron chi connectivity index (χ4n) is 3.08. The van der Waals surface area contributed by atoms with Gasteiger partial charge in [0.2, 0.25) is 5.95 Å². The summed E-state index contributed by atoms with van der Waals surface area (Å²) in [5, 5.41) is 5.51. The van der Waals surface area contributed by atoms with Gasteiger partial charge in [-0.3, -0.25) is 10.1 Å². The van der Waals surface area contributed by atoms with Gasteiger partial charge in [-0.2, -0.15) is 0 Å². The topological polar surface area (TPSA) is 56.2 Å². The number of rotatable bonds is 7. The van der Waals surface area contributed by atoms with Crippen LogP contribution in [0, 0.1) is 0 Å². The molecular formula is C22H20ClN3O2S. The summed E-state index contributed by atoms with van der Waals surface area (Å²) in [5.41, 5.74) is 2.83. The predicted octanol–water partition coefficient (Wildman–Crippen LogP) is 5.99. The number of hydrogen-bond acceptors (Lipinski definition) is 4. The van der Waals surface area contributed by atoms with Crippen molar-refractivity contribution in [2.45, 2.75) is 26.5 Å². The van der Waals surface area contributed by atoms with Crippen molar-refractivity contribution in [1.82, 2.24) is 9.55 Å². The quantitative estimate of drug-likeness (QED) is 0.395. The highest BCUT2D eigenvalue weighted by Gasteiger charge is 2.15. The Labute approximate surface area is 177 Å². The summed E-state index contributed by atoms with van der Waals surface area (Å²) in [5.74, 6) is 1.10. The Kier molecular flexibility index (Phi) is 5.83. The molecule has 1 amide bonds. The highest BCUT2D eigenvalue weighted by atomic mass is 35.5. The lowest BCUT2D eigenvalue weighted by atomic mass is 10.3. The van der Waals surface area contributed by atoms with Crippen LogP contribution in [0.15, 0.2) is 60.0 Å². The summed E-state index contributed by atoms with van der Waals surface area (Å²) in [6.45, 7) is 3.27. The maximum atomic E-state index is 12.8. The summed E-state index contributed by atoms with van der Waals surface area (Å²) in [7, 11) is 0. The van der Waals surface area contributed by atoms with E-state index in [4.69, 9.17) is 16.3 Å². The second-order valence-electron chi connectivity index (χ2n) is 6.60. The molecule has 0 bridgehead atoms. The van der Waals surface area contributed by atoms with Gasteiger partial charge in [0, 0.05) is 17.1 Å². The SMILES string of the molecule is CCCn1c(NC(=O)c2cc(COc3cccc(Cl)c3)cs2)nc2ccccc21. The maximum absolute atomic E-state index is 12.8. The van der Waals surface area contributed by atoms with E-state index in [1.165, 1.54) is 11.3 Å². The van der Waals surface area contributed by atoms with Crippen molar-refractivity contribution >= 4 is 45.8 Å². The number of para-hydroxylation sites is 2. The number of carbonyl (C=O) groups excluding carboxylic acids is 1. The first-order chi connectivity index (χ1) is 14.1. The first-order valence-electron chi connectivity index (χ1n) is 9.36. The van der Waals surface area contributed by atoms with Crippen LogP contribution in [-0.4, -0.2) is 15.5 Å². The number of hydrogen-bond donors (Lipinski definition) is 1. The zero-order chi connectivity index (χ0) is 20.2. The monoisotopic (exact) mass is 425 g/mol. The molecule has 4 rings (SSSR count). The number of nitrogens with zero attached hydrogens (tertiary/aromatic N) is 2. The third kappa shape index (κ3) is 4.44. The van der Waals surface area contributed by atoms with Crippen molar-refractivity contribution in [1.29, 1.82) is 0 Å². The van der Waals surface area contributed by atoms with Crippen molar-refractivity contribution in [3.05, 3.63) is 75.4 Å². The fraction of sp³-hybridized carbons (Fsp3) is 0.182. The van der Waals surface area contributed by atoms with Gasteiger partial charge in [-0.25, -0.2) is 4.98 Å². The molecule has 0 saturated carbocycles. The van der Waals surface area contributed by atoms with Gasteiger partial charge in [-0.05, 0) is 48.2 Å². The second-order valence-corrected chi connectivity index (χ2v) is 7.94. The second kappa shape index (κ2) is 8.68. The van der Waals surface area contributed by atoms with Crippen LogP contribution in [0.5, 0.6) is 5.75 Å². The average Bonchev–Trinajstić information content (AvgIpc) is 3.32. The van der Waals surface area contributed by atoms with Gasteiger partial charge in [0.15, 0.2) is 0 Å². The normalized spacial score (nSPS) is 11.0. The first-order valence-corrected chi connectivity index (χ1v) is 10.6. The Morgan fingerprint density at radius 2 is 2.07 bits per heavy atom. The van der Waals surface area contributed by atoms with Crippen molar-refractivity contribution in [3.63, 3.8) is 0 Å². The highest BCUT2D eigenvalue weighted by Crippen LogP contribution is 2.23. The Bertz CT molecular complexity index is 1150. The molecule has 0 fully saturated rings. The van der Waals surface area contributed by atoms with E-state index in [9.17, 15) is 4.79 Å². The summed E-state index contributed by atoms with van der Waals surface area (Å²) in [6.07, 6.45) is 0.952. The maximum Gasteiger partial charge on any atom is 0.268 e. The number of nitrogens with one attached hydrogen (secondary N) is 1. The number of aromatic nitrogens is 2. The number of fused-ring (bicyclic) bond motifs is 1. The molecule has 0 aliphatic rings. The van der Waals surface area contributed by atoms with Crippen LogP contribution in [-0.2, 0) is 13.2 Å². The van der Waals surface area contributed by atoms with Gasteiger partial charge >= 0.3 is 0 Å². The lowest BCUT2D eigenvalue weighted by molar-refractivity contribution is 0.102. The predicted molar refractivity (Wildman–Crippen MR) is 118 cm³/mol. The molecule has 0 atom stereocenters. The zero-order valence-corrected chi connectivity index (χ0v) is 17.5. The molecule has 1 N–H and O–H groups in total. The number of imidazole rings is 1. The molecule has 0 aliphatic heterocycles. The van der Waals surface area contributed by atoms with Crippen LogP contribution < -0.4 is 10.1 Å². The van der Waals surface area contributed by atoms with E-state index in [-0.39, 0.29) is 5.91 Å². The third-order valence-corrected chi connectivity index (χ3v) is 5.62. The fourth-order valence-corrected chi connectivity index (χ4v) is 4.05. The van der Waals surface area contributed by atoms with Crippen LogP contribution in [0.2, 0.25) is 5.02 Å². The van der Waals surface area contributed by atoms with Crippen LogP contribution in [0.3, 0.4) is 0 Å². The lowest BCUT2D eigenvalue weighted by Crippen LogP contribution is -2.15. The van der Waals surface area contributed by atoms with E-state index >= 15 is 0 Å². The van der Waals surface area contributed by atoms with Gasteiger partial charge in [-0.15, -0.1) is 11.3 Å². The number of thiophene rings is 1. The summed E-state index contributed by atoms with van der Waals surface area (Å²) < 4.78 is 7.79. The van der Waals surface area contributed by atoms with Gasteiger partial charge in [0.1, 0.15) is 12.4 Å². The van der Waals surface area contributed by atoms with E-state index in [2.05, 4.69) is 17.2 Å². The number of ether oxygens (including phenoxy) is 1. The molecular weight excluding hydrogens is 406 g/mol.